The Morgan fingerprint density at radius 1 is 1.27 bits per heavy atom. The van der Waals surface area contributed by atoms with E-state index in [-0.39, 0.29) is 11.5 Å². The minimum Gasteiger partial charge on any atom is -0.365 e. The van der Waals surface area contributed by atoms with Gasteiger partial charge in [0.05, 0.1) is 12.0 Å². The summed E-state index contributed by atoms with van der Waals surface area (Å²) in [4.78, 5) is 12.3. The predicted octanol–water partition coefficient (Wildman–Crippen LogP) is 2.59. The van der Waals surface area contributed by atoms with Crippen molar-refractivity contribution in [3.8, 4) is 0 Å². The molecule has 0 aliphatic heterocycles. The normalized spacial score (nSPS) is 47.5. The molecule has 4 aliphatic rings. The van der Waals surface area contributed by atoms with Crippen LogP contribution in [0.25, 0.3) is 0 Å². The lowest BCUT2D eigenvalue weighted by atomic mass is 9.49. The third-order valence-electron chi connectivity index (χ3n) is 4.61. The lowest BCUT2D eigenvalue weighted by molar-refractivity contribution is -0.158. The number of carbonyl (C=O) groups excluding carboxylic acids is 1. The molecule has 4 aliphatic carbocycles. The maximum absolute atomic E-state index is 12.3. The van der Waals surface area contributed by atoms with Crippen molar-refractivity contribution in [2.24, 2.45) is 23.2 Å². The topological polar surface area (TPSA) is 26.3 Å². The van der Waals surface area contributed by atoms with Crippen molar-refractivity contribution in [3.63, 3.8) is 0 Å². The maximum Gasteiger partial charge on any atom is 0.144 e. The van der Waals surface area contributed by atoms with Gasteiger partial charge in [-0.25, -0.2) is 0 Å². The van der Waals surface area contributed by atoms with Gasteiger partial charge < -0.3 is 4.74 Å². The molecule has 4 saturated carbocycles. The van der Waals surface area contributed by atoms with Gasteiger partial charge in [0.25, 0.3) is 0 Å². The standard InChI is InChI=1S/C12H17ClO2/c13-7-15-6-12-4-8-1-9(5-12)3-10(2-8)11(12)14/h8-10H,1-7H2. The van der Waals surface area contributed by atoms with E-state index in [1.54, 1.807) is 0 Å². The zero-order valence-electron chi connectivity index (χ0n) is 8.88. The monoisotopic (exact) mass is 228 g/mol. The lowest BCUT2D eigenvalue weighted by Crippen LogP contribution is -2.55. The fourth-order valence-corrected chi connectivity index (χ4v) is 4.44. The van der Waals surface area contributed by atoms with Crippen molar-refractivity contribution >= 4 is 17.4 Å². The molecule has 0 spiro atoms. The second-order valence-corrected chi connectivity index (χ2v) is 5.86. The zero-order valence-corrected chi connectivity index (χ0v) is 9.63. The van der Waals surface area contributed by atoms with Gasteiger partial charge in [-0.15, -0.1) is 0 Å². The van der Waals surface area contributed by atoms with Crippen molar-refractivity contribution in [3.05, 3.63) is 0 Å². The molecule has 0 aromatic rings. The van der Waals surface area contributed by atoms with E-state index in [9.17, 15) is 4.79 Å². The Morgan fingerprint density at radius 2 is 1.93 bits per heavy atom. The average molecular weight is 229 g/mol. The van der Waals surface area contributed by atoms with Crippen LogP contribution < -0.4 is 0 Å². The van der Waals surface area contributed by atoms with E-state index >= 15 is 0 Å². The van der Waals surface area contributed by atoms with Gasteiger partial charge in [-0.2, -0.15) is 0 Å². The first-order valence-electron chi connectivity index (χ1n) is 5.91. The highest BCUT2D eigenvalue weighted by molar-refractivity contribution is 6.17. The summed E-state index contributed by atoms with van der Waals surface area (Å²) in [5.74, 6) is 2.42. The molecule has 0 aromatic carbocycles. The first-order valence-corrected chi connectivity index (χ1v) is 6.45. The van der Waals surface area contributed by atoms with Crippen molar-refractivity contribution in [1.82, 2.24) is 0 Å². The fraction of sp³-hybridized carbons (Fsp3) is 0.917. The summed E-state index contributed by atoms with van der Waals surface area (Å²) in [6.45, 7) is 0.568. The number of hydrogen-bond donors (Lipinski definition) is 0. The zero-order chi connectivity index (χ0) is 10.5. The Balaban J connectivity index is 1.84. The van der Waals surface area contributed by atoms with E-state index in [2.05, 4.69) is 0 Å². The Bertz CT molecular complexity index is 275. The second kappa shape index (κ2) is 3.46. The number of halogens is 1. The summed E-state index contributed by atoms with van der Waals surface area (Å²) < 4.78 is 5.33. The molecule has 2 unspecified atom stereocenters. The van der Waals surface area contributed by atoms with Crippen LogP contribution in [-0.2, 0) is 9.53 Å². The van der Waals surface area contributed by atoms with E-state index in [4.69, 9.17) is 16.3 Å². The number of carbonyl (C=O) groups is 1. The first-order chi connectivity index (χ1) is 7.23. The van der Waals surface area contributed by atoms with Crippen molar-refractivity contribution in [2.45, 2.75) is 32.1 Å². The molecule has 0 amide bonds. The average Bonchev–Trinajstić information content (AvgIpc) is 2.22. The number of alkyl halides is 1. The van der Waals surface area contributed by atoms with E-state index in [0.717, 1.165) is 37.5 Å². The molecule has 0 radical (unpaired) electrons. The van der Waals surface area contributed by atoms with E-state index in [0.29, 0.717) is 18.3 Å². The van der Waals surface area contributed by atoms with E-state index in [1.165, 1.54) is 6.42 Å². The van der Waals surface area contributed by atoms with Gasteiger partial charge in [0.2, 0.25) is 0 Å². The molecule has 84 valence electrons. The number of hydrogen-bond acceptors (Lipinski definition) is 2. The summed E-state index contributed by atoms with van der Waals surface area (Å²) in [6, 6.07) is 0.217. The molecule has 0 saturated heterocycles. The van der Waals surface area contributed by atoms with Crippen LogP contribution in [-0.4, -0.2) is 18.5 Å². The van der Waals surface area contributed by atoms with Crippen LogP contribution in [0.5, 0.6) is 0 Å². The molecule has 2 nitrogen and oxygen atoms in total. The largest absolute Gasteiger partial charge is 0.365 e. The quantitative estimate of drug-likeness (QED) is 0.695. The minimum atomic E-state index is -0.135. The van der Waals surface area contributed by atoms with E-state index in [1.807, 2.05) is 0 Å². The van der Waals surface area contributed by atoms with Crippen molar-refractivity contribution < 1.29 is 9.53 Å². The van der Waals surface area contributed by atoms with Gasteiger partial charge in [0.15, 0.2) is 0 Å². The molecule has 4 fully saturated rings. The molecule has 3 heteroatoms. The summed E-state index contributed by atoms with van der Waals surface area (Å²) in [5.41, 5.74) is -0.135. The third kappa shape index (κ3) is 1.45. The van der Waals surface area contributed by atoms with Gasteiger partial charge in [-0.3, -0.25) is 4.79 Å². The van der Waals surface area contributed by atoms with Gasteiger partial charge in [0, 0.05) is 5.92 Å². The van der Waals surface area contributed by atoms with Crippen LogP contribution in [0.1, 0.15) is 32.1 Å². The Hall–Kier alpha value is -0.0800. The molecule has 0 aromatic heterocycles. The molecule has 15 heavy (non-hydrogen) atoms. The molecule has 0 N–H and O–H groups in total. The lowest BCUT2D eigenvalue weighted by Gasteiger charge is -2.55. The Morgan fingerprint density at radius 3 is 2.53 bits per heavy atom. The highest BCUT2D eigenvalue weighted by Crippen LogP contribution is 2.58. The second-order valence-electron chi connectivity index (χ2n) is 5.65. The molecule has 0 heterocycles. The number of Topliss-reactive ketones (excluding diaryl/α,β-unsaturated/α-hetero) is 1. The molecule has 4 bridgehead atoms. The van der Waals surface area contributed by atoms with Crippen LogP contribution in [0.15, 0.2) is 0 Å². The minimum absolute atomic E-state index is 0.135. The third-order valence-corrected chi connectivity index (χ3v) is 4.76. The fourth-order valence-electron chi connectivity index (χ4n) is 4.36. The number of ether oxygens (including phenoxy) is 1. The highest BCUT2D eigenvalue weighted by atomic mass is 35.5. The molecule has 2 atom stereocenters. The summed E-state index contributed by atoms with van der Waals surface area (Å²) in [7, 11) is 0. The van der Waals surface area contributed by atoms with Gasteiger partial charge >= 0.3 is 0 Å². The predicted molar refractivity (Wildman–Crippen MR) is 57.7 cm³/mol. The maximum atomic E-state index is 12.3. The summed E-state index contributed by atoms with van der Waals surface area (Å²) in [5, 5.41) is 0. The van der Waals surface area contributed by atoms with Gasteiger partial charge in [-0.05, 0) is 43.9 Å². The summed E-state index contributed by atoms with van der Waals surface area (Å²) in [6.07, 6.45) is 5.79. The van der Waals surface area contributed by atoms with Crippen LogP contribution >= 0.6 is 11.6 Å². The number of ketones is 1. The number of rotatable bonds is 3. The van der Waals surface area contributed by atoms with Crippen LogP contribution in [0.3, 0.4) is 0 Å². The van der Waals surface area contributed by atoms with Crippen LogP contribution in [0, 0.1) is 23.2 Å². The van der Waals surface area contributed by atoms with Gasteiger partial charge in [0.1, 0.15) is 11.8 Å². The molecular weight excluding hydrogens is 212 g/mol. The summed E-state index contributed by atoms with van der Waals surface area (Å²) >= 11 is 5.56. The van der Waals surface area contributed by atoms with E-state index < -0.39 is 0 Å². The van der Waals surface area contributed by atoms with Crippen molar-refractivity contribution in [2.75, 3.05) is 12.7 Å². The molecular formula is C12H17ClO2. The van der Waals surface area contributed by atoms with Crippen LogP contribution in [0.4, 0.5) is 0 Å². The first kappa shape index (κ1) is 10.1. The highest BCUT2D eigenvalue weighted by Gasteiger charge is 2.56. The van der Waals surface area contributed by atoms with Crippen molar-refractivity contribution in [1.29, 1.82) is 0 Å². The Kier molecular flexibility index (Phi) is 2.33. The smallest absolute Gasteiger partial charge is 0.144 e. The Labute approximate surface area is 95.3 Å². The van der Waals surface area contributed by atoms with Gasteiger partial charge in [-0.1, -0.05) is 11.6 Å². The molecule has 4 rings (SSSR count). The van der Waals surface area contributed by atoms with Crippen LogP contribution in [0.2, 0.25) is 0 Å². The SMILES string of the molecule is O=C1C2CC3CC(C2)CC1(COCCl)C3.